The number of ketones is 1. The lowest BCUT2D eigenvalue weighted by atomic mass is 9.67. The first kappa shape index (κ1) is 12.9. The van der Waals surface area contributed by atoms with Crippen molar-refractivity contribution in [3.8, 4) is 0 Å². The van der Waals surface area contributed by atoms with Gasteiger partial charge in [-0.1, -0.05) is 19.9 Å². The van der Waals surface area contributed by atoms with Crippen LogP contribution in [0.25, 0.3) is 0 Å². The van der Waals surface area contributed by atoms with E-state index in [1.165, 1.54) is 0 Å². The molecule has 4 heteroatoms. The molecule has 1 saturated heterocycles. The third-order valence-corrected chi connectivity index (χ3v) is 5.52. The lowest BCUT2D eigenvalue weighted by molar-refractivity contribution is -0.144. The number of hydrogen-bond acceptors (Lipinski definition) is 4. The van der Waals surface area contributed by atoms with Gasteiger partial charge in [-0.3, -0.25) is 9.59 Å². The second kappa shape index (κ2) is 3.92. The van der Waals surface area contributed by atoms with Gasteiger partial charge >= 0.3 is 5.97 Å². The highest BCUT2D eigenvalue weighted by molar-refractivity contribution is 5.98. The molecule has 1 N–H and O–H groups in total. The minimum absolute atomic E-state index is 0.0240. The van der Waals surface area contributed by atoms with Gasteiger partial charge in [0.15, 0.2) is 5.78 Å². The highest BCUT2D eigenvalue weighted by Crippen LogP contribution is 2.53. The summed E-state index contributed by atoms with van der Waals surface area (Å²) >= 11 is 0. The van der Waals surface area contributed by atoms with Crippen molar-refractivity contribution in [2.24, 2.45) is 29.1 Å². The van der Waals surface area contributed by atoms with Crippen molar-refractivity contribution in [1.29, 1.82) is 0 Å². The van der Waals surface area contributed by atoms with Crippen LogP contribution in [-0.4, -0.2) is 29.1 Å². The molecule has 0 spiro atoms. The summed E-state index contributed by atoms with van der Waals surface area (Å²) in [6.45, 7) is 5.69. The predicted octanol–water partition coefficient (Wildman–Crippen LogP) is 1.33. The zero-order chi connectivity index (χ0) is 13.9. The molecular weight excluding hydrogens is 244 g/mol. The molecular formula is C15H20O4. The summed E-state index contributed by atoms with van der Waals surface area (Å²) < 4.78 is 5.41. The van der Waals surface area contributed by atoms with Crippen LogP contribution in [0.4, 0.5) is 0 Å². The van der Waals surface area contributed by atoms with Crippen LogP contribution < -0.4 is 0 Å². The maximum Gasteiger partial charge on any atom is 0.309 e. The van der Waals surface area contributed by atoms with Crippen LogP contribution in [0.2, 0.25) is 0 Å². The molecule has 3 aliphatic rings. The summed E-state index contributed by atoms with van der Waals surface area (Å²) in [5.41, 5.74) is -0.804. The summed E-state index contributed by atoms with van der Waals surface area (Å²) in [4.78, 5) is 24.0. The molecule has 1 aliphatic heterocycles. The maximum atomic E-state index is 12.2. The largest absolute Gasteiger partial charge is 0.462 e. The van der Waals surface area contributed by atoms with Gasteiger partial charge in [0.25, 0.3) is 0 Å². The molecule has 1 heterocycles. The molecule has 0 amide bonds. The van der Waals surface area contributed by atoms with Gasteiger partial charge in [0.2, 0.25) is 0 Å². The number of hydrogen-bond donors (Lipinski definition) is 1. The lowest BCUT2D eigenvalue weighted by Gasteiger charge is -2.37. The van der Waals surface area contributed by atoms with Crippen molar-refractivity contribution >= 4 is 11.8 Å². The van der Waals surface area contributed by atoms with Crippen molar-refractivity contribution in [2.75, 3.05) is 0 Å². The molecule has 1 saturated carbocycles. The van der Waals surface area contributed by atoms with Gasteiger partial charge in [-0.05, 0) is 31.3 Å². The molecule has 0 bridgehead atoms. The first-order valence-corrected chi connectivity index (χ1v) is 6.98. The fraction of sp³-hybridized carbons (Fsp3) is 0.733. The lowest BCUT2D eigenvalue weighted by Crippen LogP contribution is -2.47. The number of rotatable bonds is 0. The number of fused-ring (bicyclic) bond motifs is 2. The van der Waals surface area contributed by atoms with Gasteiger partial charge in [0.05, 0.1) is 17.4 Å². The van der Waals surface area contributed by atoms with Crippen LogP contribution in [0.5, 0.6) is 0 Å². The summed E-state index contributed by atoms with van der Waals surface area (Å²) in [7, 11) is 0. The number of esters is 1. The van der Waals surface area contributed by atoms with Gasteiger partial charge in [-0.2, -0.15) is 0 Å². The average Bonchev–Trinajstić information content (AvgIpc) is 2.77. The van der Waals surface area contributed by atoms with Crippen LogP contribution >= 0.6 is 0 Å². The van der Waals surface area contributed by atoms with Crippen LogP contribution in [0.3, 0.4) is 0 Å². The van der Waals surface area contributed by atoms with E-state index in [9.17, 15) is 14.7 Å². The van der Waals surface area contributed by atoms with Gasteiger partial charge in [0.1, 0.15) is 6.10 Å². The molecule has 3 rings (SSSR count). The summed E-state index contributed by atoms with van der Waals surface area (Å²) in [6.07, 6.45) is 3.15. The Kier molecular flexibility index (Phi) is 2.65. The first-order chi connectivity index (χ1) is 8.87. The zero-order valence-electron chi connectivity index (χ0n) is 11.5. The molecule has 104 valence electrons. The van der Waals surface area contributed by atoms with Crippen molar-refractivity contribution in [3.05, 3.63) is 12.2 Å². The zero-order valence-corrected chi connectivity index (χ0v) is 11.5. The van der Waals surface area contributed by atoms with Gasteiger partial charge in [-0.25, -0.2) is 0 Å². The van der Waals surface area contributed by atoms with Gasteiger partial charge < -0.3 is 9.84 Å². The number of aliphatic hydroxyl groups is 1. The third-order valence-electron chi connectivity index (χ3n) is 5.52. The SMILES string of the molecule is C[C@@H]1C[C@H]2OC(=O)[C@H](C)[C@H]2[C@@H](O)[C@]2(C)C(=O)C=C[C@@H]12. The summed E-state index contributed by atoms with van der Waals surface area (Å²) in [6, 6.07) is 0. The normalized spacial score (nSPS) is 52.6. The molecule has 2 aliphatic carbocycles. The number of ether oxygens (including phenoxy) is 1. The standard InChI is InChI=1S/C15H20O4/c1-7-6-10-12(8(2)14(18)19-10)13(17)15(3)9(7)4-5-11(15)16/h4-5,7-10,12-13,17H,6H2,1-3H3/t7-,8-,9+,10-,12-,13-,15+/m1/s1. The minimum atomic E-state index is -0.823. The Morgan fingerprint density at radius 2 is 2.05 bits per heavy atom. The molecule has 0 unspecified atom stereocenters. The Morgan fingerprint density at radius 3 is 2.74 bits per heavy atom. The number of carbonyl (C=O) groups excluding carboxylic acids is 2. The minimum Gasteiger partial charge on any atom is -0.462 e. The Bertz CT molecular complexity index is 469. The Morgan fingerprint density at radius 1 is 1.37 bits per heavy atom. The van der Waals surface area contributed by atoms with Crippen molar-refractivity contribution in [1.82, 2.24) is 0 Å². The van der Waals surface area contributed by atoms with Crippen molar-refractivity contribution < 1.29 is 19.4 Å². The molecule has 0 radical (unpaired) electrons. The van der Waals surface area contributed by atoms with E-state index < -0.39 is 11.5 Å². The van der Waals surface area contributed by atoms with E-state index >= 15 is 0 Å². The quantitative estimate of drug-likeness (QED) is 0.670. The Labute approximate surface area is 112 Å². The number of allylic oxidation sites excluding steroid dienone is 2. The highest BCUT2D eigenvalue weighted by Gasteiger charge is 2.60. The number of aliphatic hydroxyl groups excluding tert-OH is 1. The summed E-state index contributed by atoms with van der Waals surface area (Å²) in [5, 5.41) is 10.8. The monoisotopic (exact) mass is 264 g/mol. The molecule has 2 fully saturated rings. The van der Waals surface area contributed by atoms with E-state index in [0.29, 0.717) is 0 Å². The average molecular weight is 264 g/mol. The highest BCUT2D eigenvalue weighted by atomic mass is 16.6. The maximum absolute atomic E-state index is 12.2. The molecule has 19 heavy (non-hydrogen) atoms. The second-order valence-corrected chi connectivity index (χ2v) is 6.53. The Balaban J connectivity index is 2.06. The van der Waals surface area contributed by atoms with E-state index in [0.717, 1.165) is 6.42 Å². The van der Waals surface area contributed by atoms with E-state index in [1.807, 2.05) is 13.0 Å². The van der Waals surface area contributed by atoms with Crippen LogP contribution in [0, 0.1) is 29.1 Å². The van der Waals surface area contributed by atoms with Crippen LogP contribution in [0.1, 0.15) is 27.2 Å². The molecule has 0 aromatic heterocycles. The van der Waals surface area contributed by atoms with Crippen LogP contribution in [0.15, 0.2) is 12.2 Å². The van der Waals surface area contributed by atoms with Crippen molar-refractivity contribution in [3.63, 3.8) is 0 Å². The van der Waals surface area contributed by atoms with E-state index in [2.05, 4.69) is 6.92 Å². The van der Waals surface area contributed by atoms with Crippen LogP contribution in [-0.2, 0) is 14.3 Å². The third kappa shape index (κ3) is 1.49. The van der Waals surface area contributed by atoms with Crippen molar-refractivity contribution in [2.45, 2.75) is 39.4 Å². The summed E-state index contributed by atoms with van der Waals surface area (Å²) in [5.74, 6) is -0.627. The second-order valence-electron chi connectivity index (χ2n) is 6.53. The fourth-order valence-corrected chi connectivity index (χ4v) is 4.27. The van der Waals surface area contributed by atoms with E-state index in [-0.39, 0.29) is 41.5 Å². The smallest absolute Gasteiger partial charge is 0.309 e. The van der Waals surface area contributed by atoms with E-state index in [4.69, 9.17) is 4.74 Å². The molecule has 0 aromatic carbocycles. The van der Waals surface area contributed by atoms with E-state index in [1.54, 1.807) is 13.0 Å². The first-order valence-electron chi connectivity index (χ1n) is 6.98. The molecule has 4 nitrogen and oxygen atoms in total. The Hall–Kier alpha value is -1.16. The fourth-order valence-electron chi connectivity index (χ4n) is 4.27. The number of carbonyl (C=O) groups is 2. The predicted molar refractivity (Wildman–Crippen MR) is 68.1 cm³/mol. The topological polar surface area (TPSA) is 63.6 Å². The van der Waals surface area contributed by atoms with Gasteiger partial charge in [0, 0.05) is 5.92 Å². The molecule has 0 aromatic rings. The molecule has 7 atom stereocenters. The van der Waals surface area contributed by atoms with Gasteiger partial charge in [-0.15, -0.1) is 0 Å².